The van der Waals surface area contributed by atoms with Gasteiger partial charge in [-0.15, -0.1) is 0 Å². The van der Waals surface area contributed by atoms with Crippen molar-refractivity contribution in [3.8, 4) is 0 Å². The minimum atomic E-state index is -0.280. The Labute approximate surface area is 175 Å². The second-order valence-corrected chi connectivity index (χ2v) is 7.62. The molecule has 30 heavy (non-hydrogen) atoms. The Morgan fingerprint density at radius 1 is 0.933 bits per heavy atom. The van der Waals surface area contributed by atoms with Gasteiger partial charge in [-0.3, -0.25) is 9.78 Å². The molecule has 0 unspecified atom stereocenters. The second kappa shape index (κ2) is 7.99. The number of H-pyrrole nitrogens is 1. The second-order valence-electron chi connectivity index (χ2n) is 7.62. The van der Waals surface area contributed by atoms with Crippen molar-refractivity contribution in [2.24, 2.45) is 0 Å². The molecule has 0 fully saturated rings. The van der Waals surface area contributed by atoms with E-state index >= 15 is 0 Å². The third kappa shape index (κ3) is 3.41. The minimum absolute atomic E-state index is 0.153. The first-order valence-corrected chi connectivity index (χ1v) is 10.3. The summed E-state index contributed by atoms with van der Waals surface area (Å²) in [4.78, 5) is 23.4. The molecule has 3 heterocycles. The van der Waals surface area contributed by atoms with Crippen LogP contribution >= 0.6 is 0 Å². The van der Waals surface area contributed by atoms with Crippen molar-refractivity contribution in [2.75, 3.05) is 13.1 Å². The number of amides is 1. The predicted molar refractivity (Wildman–Crippen MR) is 120 cm³/mol. The molecule has 2 aromatic carbocycles. The number of benzene rings is 2. The molecule has 4 nitrogen and oxygen atoms in total. The summed E-state index contributed by atoms with van der Waals surface area (Å²) in [5.41, 5.74) is 6.49. The molecule has 2 aromatic heterocycles. The zero-order valence-corrected chi connectivity index (χ0v) is 16.7. The van der Waals surface area contributed by atoms with E-state index in [1.54, 1.807) is 0 Å². The Bertz CT molecular complexity index is 1160. The van der Waals surface area contributed by atoms with Crippen molar-refractivity contribution in [1.82, 2.24) is 14.9 Å². The maximum absolute atomic E-state index is 13.6. The molecule has 0 spiro atoms. The van der Waals surface area contributed by atoms with Crippen molar-refractivity contribution in [1.29, 1.82) is 0 Å². The summed E-state index contributed by atoms with van der Waals surface area (Å²) < 4.78 is 0. The molecule has 4 aromatic rings. The maximum atomic E-state index is 13.6. The normalized spacial score (nSPS) is 14.2. The van der Waals surface area contributed by atoms with Crippen LogP contribution in [0.1, 0.15) is 29.0 Å². The SMILES string of the molecule is O=C(C(c1ccccc1)c1ccccc1)N1CC=C(c2c[nH]c3cccnc23)CC1. The number of carbonyl (C=O) groups is 1. The van der Waals surface area contributed by atoms with Crippen molar-refractivity contribution in [3.05, 3.63) is 108 Å². The van der Waals surface area contributed by atoms with E-state index in [-0.39, 0.29) is 11.8 Å². The molecule has 0 saturated carbocycles. The van der Waals surface area contributed by atoms with E-state index < -0.39 is 0 Å². The highest BCUT2D eigenvalue weighted by Gasteiger charge is 2.28. The number of pyridine rings is 1. The lowest BCUT2D eigenvalue weighted by Crippen LogP contribution is -2.38. The number of fused-ring (bicyclic) bond motifs is 1. The van der Waals surface area contributed by atoms with E-state index in [1.807, 2.05) is 90.1 Å². The van der Waals surface area contributed by atoms with Gasteiger partial charge < -0.3 is 9.88 Å². The van der Waals surface area contributed by atoms with Gasteiger partial charge in [0.2, 0.25) is 5.91 Å². The molecule has 148 valence electrons. The van der Waals surface area contributed by atoms with Gasteiger partial charge in [-0.1, -0.05) is 66.7 Å². The average Bonchev–Trinajstić information content (AvgIpc) is 3.25. The minimum Gasteiger partial charge on any atom is -0.359 e. The summed E-state index contributed by atoms with van der Waals surface area (Å²) in [6.07, 6.45) is 6.85. The third-order valence-electron chi connectivity index (χ3n) is 5.81. The van der Waals surface area contributed by atoms with Gasteiger partial charge in [-0.05, 0) is 35.3 Å². The van der Waals surface area contributed by atoms with Gasteiger partial charge in [0.05, 0.1) is 17.0 Å². The van der Waals surface area contributed by atoms with Gasteiger partial charge in [0.1, 0.15) is 0 Å². The van der Waals surface area contributed by atoms with Crippen molar-refractivity contribution < 1.29 is 4.79 Å². The topological polar surface area (TPSA) is 49.0 Å². The van der Waals surface area contributed by atoms with Crippen molar-refractivity contribution in [3.63, 3.8) is 0 Å². The number of aromatic nitrogens is 2. The maximum Gasteiger partial charge on any atom is 0.234 e. The van der Waals surface area contributed by atoms with Crippen molar-refractivity contribution >= 4 is 22.5 Å². The van der Waals surface area contributed by atoms with Crippen LogP contribution in [0.5, 0.6) is 0 Å². The molecule has 0 radical (unpaired) electrons. The van der Waals surface area contributed by atoms with E-state index in [0.717, 1.165) is 34.1 Å². The van der Waals surface area contributed by atoms with Crippen LogP contribution in [0.15, 0.2) is 91.3 Å². The molecule has 1 aliphatic rings. The molecule has 4 heteroatoms. The lowest BCUT2D eigenvalue weighted by molar-refractivity contribution is -0.131. The summed E-state index contributed by atoms with van der Waals surface area (Å²) in [6.45, 7) is 1.32. The zero-order chi connectivity index (χ0) is 20.3. The van der Waals surface area contributed by atoms with Crippen LogP contribution in [0.4, 0.5) is 0 Å². The molecule has 0 saturated heterocycles. The van der Waals surface area contributed by atoms with Gasteiger partial charge in [0.25, 0.3) is 0 Å². The molecular formula is C26H23N3O. The smallest absolute Gasteiger partial charge is 0.234 e. The molecule has 1 amide bonds. The van der Waals surface area contributed by atoms with Crippen molar-refractivity contribution in [2.45, 2.75) is 12.3 Å². The van der Waals surface area contributed by atoms with Gasteiger partial charge >= 0.3 is 0 Å². The number of aromatic amines is 1. The number of nitrogens with one attached hydrogen (secondary N) is 1. The average molecular weight is 393 g/mol. The highest BCUT2D eigenvalue weighted by molar-refractivity contribution is 5.91. The fourth-order valence-corrected chi connectivity index (χ4v) is 4.26. The summed E-state index contributed by atoms with van der Waals surface area (Å²) in [7, 11) is 0. The van der Waals surface area contributed by atoms with Crippen LogP contribution in [0.25, 0.3) is 16.6 Å². The Kier molecular flexibility index (Phi) is 4.89. The lowest BCUT2D eigenvalue weighted by atomic mass is 9.89. The van der Waals surface area contributed by atoms with E-state index in [0.29, 0.717) is 13.1 Å². The highest BCUT2D eigenvalue weighted by Crippen LogP contribution is 2.31. The third-order valence-corrected chi connectivity index (χ3v) is 5.81. The van der Waals surface area contributed by atoms with E-state index in [1.165, 1.54) is 5.57 Å². The summed E-state index contributed by atoms with van der Waals surface area (Å²) >= 11 is 0. The Morgan fingerprint density at radius 3 is 2.27 bits per heavy atom. The first kappa shape index (κ1) is 18.4. The van der Waals surface area contributed by atoms with Gasteiger partial charge in [-0.25, -0.2) is 0 Å². The number of nitrogens with zero attached hydrogens (tertiary/aromatic N) is 2. The Morgan fingerprint density at radius 2 is 1.63 bits per heavy atom. The molecule has 0 atom stereocenters. The summed E-state index contributed by atoms with van der Waals surface area (Å²) in [5, 5.41) is 0. The van der Waals surface area contributed by atoms with Crippen LogP contribution in [0.2, 0.25) is 0 Å². The zero-order valence-electron chi connectivity index (χ0n) is 16.7. The number of rotatable bonds is 4. The number of hydrogen-bond acceptors (Lipinski definition) is 2. The van der Waals surface area contributed by atoms with E-state index in [2.05, 4.69) is 16.0 Å². The first-order chi connectivity index (χ1) is 14.8. The quantitative estimate of drug-likeness (QED) is 0.530. The van der Waals surface area contributed by atoms with Crippen LogP contribution in [0.3, 0.4) is 0 Å². The molecular weight excluding hydrogens is 370 g/mol. The van der Waals surface area contributed by atoms with Gasteiger partial charge in [-0.2, -0.15) is 0 Å². The Balaban J connectivity index is 1.42. The molecule has 5 rings (SSSR count). The van der Waals surface area contributed by atoms with Gasteiger partial charge in [0, 0.05) is 31.0 Å². The number of hydrogen-bond donors (Lipinski definition) is 1. The van der Waals surface area contributed by atoms with Crippen LogP contribution in [-0.4, -0.2) is 33.9 Å². The highest BCUT2D eigenvalue weighted by atomic mass is 16.2. The molecule has 0 aliphatic carbocycles. The van der Waals surface area contributed by atoms with Crippen LogP contribution in [0, 0.1) is 0 Å². The largest absolute Gasteiger partial charge is 0.359 e. The Hall–Kier alpha value is -3.66. The monoisotopic (exact) mass is 393 g/mol. The van der Waals surface area contributed by atoms with E-state index in [4.69, 9.17) is 0 Å². The van der Waals surface area contributed by atoms with Gasteiger partial charge in [0.15, 0.2) is 0 Å². The number of carbonyl (C=O) groups excluding carboxylic acids is 1. The van der Waals surface area contributed by atoms with Crippen LogP contribution in [-0.2, 0) is 4.79 Å². The van der Waals surface area contributed by atoms with Crippen LogP contribution < -0.4 is 0 Å². The summed E-state index contributed by atoms with van der Waals surface area (Å²) in [5.74, 6) is -0.128. The fourth-order valence-electron chi connectivity index (χ4n) is 4.26. The molecule has 1 N–H and O–H groups in total. The first-order valence-electron chi connectivity index (χ1n) is 10.3. The summed E-state index contributed by atoms with van der Waals surface area (Å²) in [6, 6.07) is 24.1. The molecule has 1 aliphatic heterocycles. The van der Waals surface area contributed by atoms with E-state index in [9.17, 15) is 4.79 Å². The lowest BCUT2D eigenvalue weighted by Gasteiger charge is -2.30. The standard InChI is InChI=1S/C26H23N3O/c30-26(24(20-8-3-1-4-9-20)21-10-5-2-6-11-21)29-16-13-19(14-17-29)22-18-28-23-12-7-15-27-25(22)23/h1-13,15,18,24,28H,14,16-17H2. The molecule has 0 bridgehead atoms. The predicted octanol–water partition coefficient (Wildman–Crippen LogP) is 5.01. The fraction of sp³-hybridized carbons (Fsp3) is 0.154.